The van der Waals surface area contributed by atoms with Crippen molar-refractivity contribution in [1.82, 2.24) is 5.32 Å². The Hall–Kier alpha value is -0.830. The van der Waals surface area contributed by atoms with Crippen LogP contribution in [0.5, 0.6) is 0 Å². The lowest BCUT2D eigenvalue weighted by Gasteiger charge is -2.27. The molecule has 17 heavy (non-hydrogen) atoms. The fourth-order valence-electron chi connectivity index (χ4n) is 1.88. The summed E-state index contributed by atoms with van der Waals surface area (Å²) < 4.78 is 0. The minimum Gasteiger partial charge on any atom is -0.356 e. The molecule has 3 N–H and O–H groups in total. The highest BCUT2D eigenvalue weighted by atomic mass is 16.1. The number of carbonyl (C=O) groups excluding carboxylic acids is 1. The monoisotopic (exact) mass is 238 g/mol. The number of allylic oxidation sites excluding steroid dienone is 2. The van der Waals surface area contributed by atoms with E-state index in [9.17, 15) is 4.79 Å². The van der Waals surface area contributed by atoms with Crippen molar-refractivity contribution < 1.29 is 4.79 Å². The molecule has 0 spiro atoms. The van der Waals surface area contributed by atoms with Crippen molar-refractivity contribution in [1.29, 1.82) is 0 Å². The van der Waals surface area contributed by atoms with Crippen LogP contribution in [0.1, 0.15) is 46.5 Å². The highest BCUT2D eigenvalue weighted by Crippen LogP contribution is 2.20. The number of rotatable bonds is 4. The average molecular weight is 238 g/mol. The molecule has 0 heterocycles. The molecular formula is C14H26N2O. The van der Waals surface area contributed by atoms with Crippen LogP contribution in [0.2, 0.25) is 0 Å². The Morgan fingerprint density at radius 1 is 1.47 bits per heavy atom. The summed E-state index contributed by atoms with van der Waals surface area (Å²) in [6, 6.07) is -0.0752. The van der Waals surface area contributed by atoms with Crippen LogP contribution in [0.15, 0.2) is 12.2 Å². The molecule has 1 aliphatic carbocycles. The summed E-state index contributed by atoms with van der Waals surface area (Å²) >= 11 is 0. The quantitative estimate of drug-likeness (QED) is 0.738. The molecular weight excluding hydrogens is 212 g/mol. The molecule has 0 aromatic rings. The molecule has 1 aliphatic rings. The van der Waals surface area contributed by atoms with E-state index in [1.807, 2.05) is 0 Å². The second-order valence-electron chi connectivity index (χ2n) is 6.13. The Labute approximate surface area is 105 Å². The van der Waals surface area contributed by atoms with Gasteiger partial charge in [0.05, 0.1) is 0 Å². The second-order valence-corrected chi connectivity index (χ2v) is 6.13. The summed E-state index contributed by atoms with van der Waals surface area (Å²) in [4.78, 5) is 11.7. The van der Waals surface area contributed by atoms with Gasteiger partial charge < -0.3 is 11.1 Å². The van der Waals surface area contributed by atoms with Crippen molar-refractivity contribution in [2.45, 2.75) is 52.5 Å². The fraction of sp³-hybridized carbons (Fsp3) is 0.786. The topological polar surface area (TPSA) is 55.1 Å². The summed E-state index contributed by atoms with van der Waals surface area (Å²) in [5.41, 5.74) is 5.98. The SMILES string of the molecule is CC(C)(C)C(N)CC(=O)NCC1CC=CCC1. The molecule has 0 aromatic heterocycles. The molecule has 0 saturated heterocycles. The van der Waals surface area contributed by atoms with E-state index < -0.39 is 0 Å². The van der Waals surface area contributed by atoms with Crippen molar-refractivity contribution in [3.05, 3.63) is 12.2 Å². The Balaban J connectivity index is 2.23. The number of nitrogens with two attached hydrogens (primary N) is 1. The van der Waals surface area contributed by atoms with Crippen LogP contribution in [-0.4, -0.2) is 18.5 Å². The van der Waals surface area contributed by atoms with Crippen molar-refractivity contribution in [3.8, 4) is 0 Å². The van der Waals surface area contributed by atoms with Gasteiger partial charge in [0.1, 0.15) is 0 Å². The molecule has 98 valence electrons. The molecule has 2 unspecified atom stereocenters. The maximum absolute atomic E-state index is 11.7. The number of amides is 1. The minimum absolute atomic E-state index is 0.00901. The van der Waals surface area contributed by atoms with E-state index in [0.717, 1.165) is 19.4 Å². The van der Waals surface area contributed by atoms with Crippen LogP contribution in [0, 0.1) is 11.3 Å². The van der Waals surface area contributed by atoms with E-state index in [0.29, 0.717) is 12.3 Å². The van der Waals surface area contributed by atoms with Crippen LogP contribution in [-0.2, 0) is 4.79 Å². The summed E-state index contributed by atoms with van der Waals surface area (Å²) in [5, 5.41) is 3.00. The smallest absolute Gasteiger partial charge is 0.221 e. The molecule has 0 bridgehead atoms. The van der Waals surface area contributed by atoms with E-state index in [-0.39, 0.29) is 17.4 Å². The maximum atomic E-state index is 11.7. The molecule has 2 atom stereocenters. The molecule has 0 fully saturated rings. The van der Waals surface area contributed by atoms with Crippen LogP contribution in [0.25, 0.3) is 0 Å². The van der Waals surface area contributed by atoms with Gasteiger partial charge in [-0.05, 0) is 30.6 Å². The molecule has 0 radical (unpaired) electrons. The molecule has 3 heteroatoms. The molecule has 0 aromatic carbocycles. The van der Waals surface area contributed by atoms with E-state index in [2.05, 4.69) is 38.2 Å². The van der Waals surface area contributed by atoms with Gasteiger partial charge in [-0.2, -0.15) is 0 Å². The van der Waals surface area contributed by atoms with Gasteiger partial charge >= 0.3 is 0 Å². The van der Waals surface area contributed by atoms with Crippen LogP contribution in [0.3, 0.4) is 0 Å². The standard InChI is InChI=1S/C14H26N2O/c1-14(2,3)12(15)9-13(17)16-10-11-7-5-4-6-8-11/h4-5,11-12H,6-10,15H2,1-3H3,(H,16,17). The molecule has 0 saturated carbocycles. The molecule has 3 nitrogen and oxygen atoms in total. The first kappa shape index (κ1) is 14.2. The third-order valence-electron chi connectivity index (χ3n) is 3.48. The Morgan fingerprint density at radius 2 is 2.18 bits per heavy atom. The first-order chi connectivity index (χ1) is 7.89. The third-order valence-corrected chi connectivity index (χ3v) is 3.48. The van der Waals surface area contributed by atoms with Crippen LogP contribution >= 0.6 is 0 Å². The number of carbonyl (C=O) groups is 1. The predicted octanol–water partition coefficient (Wildman–Crippen LogP) is 2.22. The summed E-state index contributed by atoms with van der Waals surface area (Å²) in [6.07, 6.45) is 8.26. The lowest BCUT2D eigenvalue weighted by molar-refractivity contribution is -0.122. The van der Waals surface area contributed by atoms with Gasteiger partial charge in [-0.3, -0.25) is 4.79 Å². The lowest BCUT2D eigenvalue weighted by atomic mass is 9.85. The Bertz CT molecular complexity index is 278. The van der Waals surface area contributed by atoms with Crippen molar-refractivity contribution in [2.75, 3.05) is 6.54 Å². The summed E-state index contributed by atoms with van der Waals surface area (Å²) in [7, 11) is 0. The Kier molecular flexibility index (Phi) is 5.19. The second kappa shape index (κ2) is 6.20. The van der Waals surface area contributed by atoms with Crippen molar-refractivity contribution in [2.24, 2.45) is 17.1 Å². The Morgan fingerprint density at radius 3 is 2.71 bits per heavy atom. The van der Waals surface area contributed by atoms with Gasteiger partial charge in [0, 0.05) is 19.0 Å². The molecule has 1 amide bonds. The zero-order valence-corrected chi connectivity index (χ0v) is 11.3. The lowest BCUT2D eigenvalue weighted by Crippen LogP contribution is -2.41. The van der Waals surface area contributed by atoms with E-state index in [4.69, 9.17) is 5.73 Å². The predicted molar refractivity (Wildman–Crippen MR) is 71.5 cm³/mol. The van der Waals surface area contributed by atoms with E-state index in [1.165, 1.54) is 6.42 Å². The highest BCUT2D eigenvalue weighted by molar-refractivity contribution is 5.76. The van der Waals surface area contributed by atoms with Gasteiger partial charge in [-0.25, -0.2) is 0 Å². The number of hydrogen-bond donors (Lipinski definition) is 2. The number of hydrogen-bond acceptors (Lipinski definition) is 2. The van der Waals surface area contributed by atoms with Crippen molar-refractivity contribution >= 4 is 5.91 Å². The van der Waals surface area contributed by atoms with Gasteiger partial charge in [0.15, 0.2) is 0 Å². The van der Waals surface area contributed by atoms with Gasteiger partial charge in [-0.15, -0.1) is 0 Å². The highest BCUT2D eigenvalue weighted by Gasteiger charge is 2.23. The van der Waals surface area contributed by atoms with E-state index >= 15 is 0 Å². The largest absolute Gasteiger partial charge is 0.356 e. The molecule has 1 rings (SSSR count). The van der Waals surface area contributed by atoms with Gasteiger partial charge in [0.25, 0.3) is 0 Å². The first-order valence-electron chi connectivity index (χ1n) is 6.57. The van der Waals surface area contributed by atoms with E-state index in [1.54, 1.807) is 0 Å². The van der Waals surface area contributed by atoms with Gasteiger partial charge in [-0.1, -0.05) is 32.9 Å². The van der Waals surface area contributed by atoms with Crippen LogP contribution < -0.4 is 11.1 Å². The minimum atomic E-state index is -0.0752. The fourth-order valence-corrected chi connectivity index (χ4v) is 1.88. The maximum Gasteiger partial charge on any atom is 0.221 e. The van der Waals surface area contributed by atoms with Crippen molar-refractivity contribution in [3.63, 3.8) is 0 Å². The first-order valence-corrected chi connectivity index (χ1v) is 6.57. The van der Waals surface area contributed by atoms with Gasteiger partial charge in [0.2, 0.25) is 5.91 Å². The third kappa shape index (κ3) is 5.35. The van der Waals surface area contributed by atoms with Crippen LogP contribution in [0.4, 0.5) is 0 Å². The average Bonchev–Trinajstić information content (AvgIpc) is 2.26. The normalized spacial score (nSPS) is 22.2. The molecule has 0 aliphatic heterocycles. The summed E-state index contributed by atoms with van der Waals surface area (Å²) in [5.74, 6) is 0.691. The number of nitrogens with one attached hydrogen (secondary N) is 1. The zero-order chi connectivity index (χ0) is 12.9. The zero-order valence-electron chi connectivity index (χ0n) is 11.3. The summed E-state index contributed by atoms with van der Waals surface area (Å²) in [6.45, 7) is 6.99.